The van der Waals surface area contributed by atoms with Gasteiger partial charge in [-0.1, -0.05) is 0 Å². The third kappa shape index (κ3) is 3.43. The minimum atomic E-state index is -0.641. The number of rotatable bonds is 3. The minimum Gasteiger partial charge on any atom is -0.462 e. The molecule has 5 nitrogen and oxygen atoms in total. The van der Waals surface area contributed by atoms with E-state index >= 15 is 0 Å². The van der Waals surface area contributed by atoms with Crippen LogP contribution in [-0.4, -0.2) is 43.3 Å². The molecular formula is C11H20O5. The molecule has 0 saturated carbocycles. The zero-order chi connectivity index (χ0) is 12.3. The number of ether oxygens (including phenoxy) is 3. The highest BCUT2D eigenvalue weighted by molar-refractivity contribution is 5.75. The SMILES string of the molecule is CO[C@H]1C[C@@H](O)[C@@H](COC(=O)C(C)(C)C)O1. The summed E-state index contributed by atoms with van der Waals surface area (Å²) in [5.41, 5.74) is -0.537. The highest BCUT2D eigenvalue weighted by Gasteiger charge is 2.35. The van der Waals surface area contributed by atoms with Crippen LogP contribution in [0, 0.1) is 5.41 Å². The second kappa shape index (κ2) is 5.12. The van der Waals surface area contributed by atoms with E-state index in [0.29, 0.717) is 6.42 Å². The molecule has 0 spiro atoms. The lowest BCUT2D eigenvalue weighted by Gasteiger charge is -2.19. The number of esters is 1. The first-order valence-electron chi connectivity index (χ1n) is 5.38. The molecule has 94 valence electrons. The summed E-state index contributed by atoms with van der Waals surface area (Å²) >= 11 is 0. The van der Waals surface area contributed by atoms with Crippen molar-refractivity contribution in [3.63, 3.8) is 0 Å². The molecule has 0 bridgehead atoms. The number of methoxy groups -OCH3 is 1. The molecule has 1 N–H and O–H groups in total. The fourth-order valence-corrected chi connectivity index (χ4v) is 1.37. The summed E-state index contributed by atoms with van der Waals surface area (Å²) in [6, 6.07) is 0. The van der Waals surface area contributed by atoms with E-state index in [2.05, 4.69) is 0 Å². The van der Waals surface area contributed by atoms with Gasteiger partial charge in [-0.2, -0.15) is 0 Å². The summed E-state index contributed by atoms with van der Waals surface area (Å²) in [6.07, 6.45) is -1.13. The number of carbonyl (C=O) groups excluding carboxylic acids is 1. The molecule has 0 aromatic rings. The van der Waals surface area contributed by atoms with Gasteiger partial charge in [-0.15, -0.1) is 0 Å². The minimum absolute atomic E-state index is 0.0666. The number of hydrogen-bond acceptors (Lipinski definition) is 5. The lowest BCUT2D eigenvalue weighted by atomic mass is 9.97. The summed E-state index contributed by atoms with van der Waals surface area (Å²) in [5.74, 6) is -0.302. The first-order chi connectivity index (χ1) is 7.34. The quantitative estimate of drug-likeness (QED) is 0.725. The summed E-state index contributed by atoms with van der Waals surface area (Å²) < 4.78 is 15.4. The van der Waals surface area contributed by atoms with Crippen molar-refractivity contribution < 1.29 is 24.1 Å². The van der Waals surface area contributed by atoms with Crippen LogP contribution in [0.15, 0.2) is 0 Å². The number of aliphatic hydroxyl groups is 1. The molecule has 5 heteroatoms. The standard InChI is InChI=1S/C11H20O5/c1-11(2,3)10(13)15-6-8-7(12)5-9(14-4)16-8/h7-9,12H,5-6H2,1-4H3/t7-,8-,9-/m1/s1. The van der Waals surface area contributed by atoms with Crippen molar-refractivity contribution >= 4 is 5.97 Å². The molecule has 1 aliphatic rings. The smallest absolute Gasteiger partial charge is 0.311 e. The van der Waals surface area contributed by atoms with Crippen LogP contribution in [0.25, 0.3) is 0 Å². The van der Waals surface area contributed by atoms with Crippen molar-refractivity contribution in [2.75, 3.05) is 13.7 Å². The van der Waals surface area contributed by atoms with Gasteiger partial charge < -0.3 is 19.3 Å². The van der Waals surface area contributed by atoms with Gasteiger partial charge in [0.05, 0.1) is 11.5 Å². The summed E-state index contributed by atoms with van der Waals surface area (Å²) in [7, 11) is 1.51. The molecule has 16 heavy (non-hydrogen) atoms. The van der Waals surface area contributed by atoms with Crippen LogP contribution in [0.1, 0.15) is 27.2 Å². The van der Waals surface area contributed by atoms with Crippen LogP contribution in [0.4, 0.5) is 0 Å². The van der Waals surface area contributed by atoms with Crippen LogP contribution < -0.4 is 0 Å². The largest absolute Gasteiger partial charge is 0.462 e. The van der Waals surface area contributed by atoms with Crippen molar-refractivity contribution in [2.24, 2.45) is 5.41 Å². The molecule has 0 aliphatic carbocycles. The van der Waals surface area contributed by atoms with Crippen LogP contribution in [0.2, 0.25) is 0 Å². The Morgan fingerprint density at radius 1 is 1.50 bits per heavy atom. The van der Waals surface area contributed by atoms with Crippen molar-refractivity contribution in [1.82, 2.24) is 0 Å². The highest BCUT2D eigenvalue weighted by atomic mass is 16.7. The Morgan fingerprint density at radius 2 is 2.12 bits per heavy atom. The van der Waals surface area contributed by atoms with Gasteiger partial charge in [-0.05, 0) is 20.8 Å². The van der Waals surface area contributed by atoms with E-state index in [4.69, 9.17) is 14.2 Å². The van der Waals surface area contributed by atoms with E-state index in [9.17, 15) is 9.90 Å². The first-order valence-corrected chi connectivity index (χ1v) is 5.38. The van der Waals surface area contributed by atoms with Gasteiger partial charge >= 0.3 is 5.97 Å². The predicted octanol–water partition coefficient (Wildman–Crippen LogP) is 0.698. The third-order valence-corrected chi connectivity index (χ3v) is 2.44. The van der Waals surface area contributed by atoms with Gasteiger partial charge in [0, 0.05) is 13.5 Å². The zero-order valence-corrected chi connectivity index (χ0v) is 10.2. The zero-order valence-electron chi connectivity index (χ0n) is 10.2. The van der Waals surface area contributed by atoms with Gasteiger partial charge in [0.2, 0.25) is 0 Å². The Kier molecular flexibility index (Phi) is 4.29. The predicted molar refractivity (Wildman–Crippen MR) is 56.7 cm³/mol. The lowest BCUT2D eigenvalue weighted by Crippen LogP contribution is -2.31. The molecule has 0 amide bonds. The van der Waals surface area contributed by atoms with E-state index in [1.165, 1.54) is 7.11 Å². The van der Waals surface area contributed by atoms with E-state index < -0.39 is 23.9 Å². The molecule has 1 fully saturated rings. The molecular weight excluding hydrogens is 212 g/mol. The van der Waals surface area contributed by atoms with Crippen molar-refractivity contribution in [3.05, 3.63) is 0 Å². The molecule has 1 heterocycles. The van der Waals surface area contributed by atoms with E-state index in [-0.39, 0.29) is 12.6 Å². The maximum Gasteiger partial charge on any atom is 0.311 e. The van der Waals surface area contributed by atoms with E-state index in [1.807, 2.05) is 0 Å². The number of carbonyl (C=O) groups is 1. The van der Waals surface area contributed by atoms with Crippen molar-refractivity contribution in [2.45, 2.75) is 45.7 Å². The molecule has 0 unspecified atom stereocenters. The van der Waals surface area contributed by atoms with Crippen molar-refractivity contribution in [1.29, 1.82) is 0 Å². The number of hydrogen-bond donors (Lipinski definition) is 1. The maximum atomic E-state index is 11.5. The Hall–Kier alpha value is -0.650. The Morgan fingerprint density at radius 3 is 2.56 bits per heavy atom. The molecule has 0 aromatic carbocycles. The van der Waals surface area contributed by atoms with Gasteiger partial charge in [-0.25, -0.2) is 0 Å². The molecule has 1 saturated heterocycles. The Balaban J connectivity index is 2.36. The third-order valence-electron chi connectivity index (χ3n) is 2.44. The average molecular weight is 232 g/mol. The fraction of sp³-hybridized carbons (Fsp3) is 0.909. The molecule has 1 aliphatic heterocycles. The molecule has 3 atom stereocenters. The lowest BCUT2D eigenvalue weighted by molar-refractivity contribution is -0.165. The fourth-order valence-electron chi connectivity index (χ4n) is 1.37. The molecule has 0 radical (unpaired) electrons. The Bertz CT molecular complexity index is 245. The molecule has 1 rings (SSSR count). The Labute approximate surface area is 95.7 Å². The normalized spacial score (nSPS) is 30.4. The molecule has 0 aromatic heterocycles. The van der Waals surface area contributed by atoms with Gasteiger partial charge in [-0.3, -0.25) is 4.79 Å². The second-order valence-electron chi connectivity index (χ2n) is 4.99. The summed E-state index contributed by atoms with van der Waals surface area (Å²) in [5, 5.41) is 9.61. The maximum absolute atomic E-state index is 11.5. The van der Waals surface area contributed by atoms with Crippen LogP contribution in [-0.2, 0) is 19.0 Å². The van der Waals surface area contributed by atoms with Gasteiger partial charge in [0.25, 0.3) is 0 Å². The number of aliphatic hydroxyl groups excluding tert-OH is 1. The van der Waals surface area contributed by atoms with E-state index in [0.717, 1.165) is 0 Å². The average Bonchev–Trinajstić information content (AvgIpc) is 2.54. The second-order valence-corrected chi connectivity index (χ2v) is 4.99. The topological polar surface area (TPSA) is 65.0 Å². The van der Waals surface area contributed by atoms with Gasteiger partial charge in [0.15, 0.2) is 6.29 Å². The van der Waals surface area contributed by atoms with Crippen LogP contribution >= 0.6 is 0 Å². The first kappa shape index (κ1) is 13.4. The van der Waals surface area contributed by atoms with Crippen LogP contribution in [0.3, 0.4) is 0 Å². The highest BCUT2D eigenvalue weighted by Crippen LogP contribution is 2.22. The monoisotopic (exact) mass is 232 g/mol. The summed E-state index contributed by atoms with van der Waals surface area (Å²) in [6.45, 7) is 5.40. The van der Waals surface area contributed by atoms with Crippen LogP contribution in [0.5, 0.6) is 0 Å². The van der Waals surface area contributed by atoms with E-state index in [1.54, 1.807) is 20.8 Å². The van der Waals surface area contributed by atoms with Gasteiger partial charge in [0.1, 0.15) is 12.7 Å². The summed E-state index contributed by atoms with van der Waals surface area (Å²) in [4.78, 5) is 11.5. The van der Waals surface area contributed by atoms with Crippen molar-refractivity contribution in [3.8, 4) is 0 Å².